The van der Waals surface area contributed by atoms with Crippen LogP contribution in [0, 0.1) is 0 Å². The highest BCUT2D eigenvalue weighted by atomic mass is 16.5. The van der Waals surface area contributed by atoms with Gasteiger partial charge in [-0.3, -0.25) is 4.79 Å². The van der Waals surface area contributed by atoms with Crippen molar-refractivity contribution in [1.82, 2.24) is 10.6 Å². The molecule has 1 atom stereocenters. The summed E-state index contributed by atoms with van der Waals surface area (Å²) in [6.07, 6.45) is 0.782. The van der Waals surface area contributed by atoms with Gasteiger partial charge in [0.25, 0.3) is 0 Å². The Labute approximate surface area is 122 Å². The van der Waals surface area contributed by atoms with Crippen molar-refractivity contribution in [2.75, 3.05) is 20.3 Å². The number of amides is 3. The minimum absolute atomic E-state index is 0.120. The molecule has 0 aromatic heterocycles. The number of para-hydroxylation sites is 1. The smallest absolute Gasteiger partial charge is 0.315 e. The van der Waals surface area contributed by atoms with Crippen molar-refractivity contribution in [1.29, 1.82) is 0 Å². The van der Waals surface area contributed by atoms with Crippen LogP contribution in [0.5, 0.6) is 11.5 Å². The molecule has 0 unspecified atom stereocenters. The molecule has 114 valence electrons. The van der Waals surface area contributed by atoms with Gasteiger partial charge < -0.3 is 25.8 Å². The Morgan fingerprint density at radius 3 is 3.00 bits per heavy atom. The van der Waals surface area contributed by atoms with E-state index in [1.165, 1.54) is 0 Å². The average molecular weight is 293 g/mol. The van der Waals surface area contributed by atoms with Crippen molar-refractivity contribution in [2.24, 2.45) is 5.73 Å². The average Bonchev–Trinajstić information content (AvgIpc) is 2.45. The highest BCUT2D eigenvalue weighted by Crippen LogP contribution is 2.34. The third-order valence-electron chi connectivity index (χ3n) is 3.17. The summed E-state index contributed by atoms with van der Waals surface area (Å²) in [6, 6.07) is 5.20. The van der Waals surface area contributed by atoms with Gasteiger partial charge in [0.2, 0.25) is 5.91 Å². The third kappa shape index (κ3) is 4.01. The fourth-order valence-electron chi connectivity index (χ4n) is 2.18. The zero-order valence-corrected chi connectivity index (χ0v) is 11.8. The Morgan fingerprint density at radius 1 is 1.48 bits per heavy atom. The zero-order chi connectivity index (χ0) is 15.2. The number of ether oxygens (including phenoxy) is 2. The monoisotopic (exact) mass is 293 g/mol. The first kappa shape index (κ1) is 15.0. The number of methoxy groups -OCH3 is 1. The molecule has 0 saturated heterocycles. The summed E-state index contributed by atoms with van der Waals surface area (Å²) in [6.45, 7) is 0.593. The van der Waals surface area contributed by atoms with Gasteiger partial charge in [-0.15, -0.1) is 0 Å². The van der Waals surface area contributed by atoms with E-state index < -0.39 is 5.91 Å². The molecule has 1 aromatic carbocycles. The normalized spacial score (nSPS) is 16.3. The molecule has 1 aromatic rings. The summed E-state index contributed by atoms with van der Waals surface area (Å²) in [5.74, 6) is 0.973. The van der Waals surface area contributed by atoms with Crippen molar-refractivity contribution in [3.8, 4) is 11.5 Å². The Hall–Kier alpha value is -2.44. The van der Waals surface area contributed by atoms with E-state index in [9.17, 15) is 9.59 Å². The second-order valence-electron chi connectivity index (χ2n) is 4.78. The molecule has 3 amide bonds. The van der Waals surface area contributed by atoms with Crippen LogP contribution in [0.2, 0.25) is 0 Å². The van der Waals surface area contributed by atoms with Gasteiger partial charge in [0, 0.05) is 18.5 Å². The van der Waals surface area contributed by atoms with Crippen molar-refractivity contribution >= 4 is 11.9 Å². The molecule has 0 radical (unpaired) electrons. The molecule has 0 spiro atoms. The lowest BCUT2D eigenvalue weighted by atomic mass is 10.0. The van der Waals surface area contributed by atoms with Gasteiger partial charge in [0.15, 0.2) is 11.5 Å². The molecule has 7 nitrogen and oxygen atoms in total. The Balaban J connectivity index is 1.87. The van der Waals surface area contributed by atoms with Gasteiger partial charge >= 0.3 is 6.03 Å². The maximum absolute atomic E-state index is 11.7. The molecule has 0 saturated carbocycles. The molecular weight excluding hydrogens is 274 g/mol. The van der Waals surface area contributed by atoms with Crippen molar-refractivity contribution in [3.05, 3.63) is 23.8 Å². The standard InChI is InChI=1S/C14H19N3O4/c1-20-11-4-2-3-9-7-10(8-21-13(9)11)17-14(19)16-6-5-12(15)18/h2-4,10H,5-8H2,1H3,(H2,15,18)(H2,16,17,19)/t10-/m1/s1. The lowest BCUT2D eigenvalue weighted by Crippen LogP contribution is -2.47. The summed E-state index contributed by atoms with van der Waals surface area (Å²) >= 11 is 0. The number of nitrogens with one attached hydrogen (secondary N) is 2. The molecule has 1 heterocycles. The first-order valence-electron chi connectivity index (χ1n) is 6.71. The molecule has 1 aliphatic heterocycles. The quantitative estimate of drug-likeness (QED) is 0.720. The Bertz CT molecular complexity index is 533. The van der Waals surface area contributed by atoms with Crippen LogP contribution in [0.4, 0.5) is 4.79 Å². The van der Waals surface area contributed by atoms with E-state index in [1.54, 1.807) is 7.11 Å². The second kappa shape index (κ2) is 6.83. The molecule has 0 bridgehead atoms. The number of benzene rings is 1. The van der Waals surface area contributed by atoms with E-state index in [4.69, 9.17) is 15.2 Å². The number of urea groups is 1. The number of hydrogen-bond acceptors (Lipinski definition) is 4. The van der Waals surface area contributed by atoms with E-state index >= 15 is 0 Å². The van der Waals surface area contributed by atoms with E-state index in [2.05, 4.69) is 10.6 Å². The molecule has 21 heavy (non-hydrogen) atoms. The van der Waals surface area contributed by atoms with E-state index in [-0.39, 0.29) is 25.0 Å². The summed E-state index contributed by atoms with van der Waals surface area (Å²) in [5.41, 5.74) is 5.99. The van der Waals surface area contributed by atoms with Gasteiger partial charge in [-0.05, 0) is 12.5 Å². The summed E-state index contributed by atoms with van der Waals surface area (Å²) < 4.78 is 10.9. The van der Waals surface area contributed by atoms with Gasteiger partial charge in [-0.1, -0.05) is 12.1 Å². The summed E-state index contributed by atoms with van der Waals surface area (Å²) in [7, 11) is 1.59. The maximum Gasteiger partial charge on any atom is 0.315 e. The molecule has 0 aliphatic carbocycles. The van der Waals surface area contributed by atoms with E-state index in [0.29, 0.717) is 18.8 Å². The van der Waals surface area contributed by atoms with Gasteiger partial charge in [-0.2, -0.15) is 0 Å². The largest absolute Gasteiger partial charge is 0.493 e. The van der Waals surface area contributed by atoms with Gasteiger partial charge in [0.1, 0.15) is 6.61 Å². The van der Waals surface area contributed by atoms with Crippen LogP contribution in [-0.2, 0) is 11.2 Å². The number of fused-ring (bicyclic) bond motifs is 1. The molecule has 7 heteroatoms. The predicted octanol–water partition coefficient (Wildman–Crippen LogP) is 0.173. The van der Waals surface area contributed by atoms with E-state index in [1.807, 2.05) is 18.2 Å². The topological polar surface area (TPSA) is 103 Å². The first-order chi connectivity index (χ1) is 10.1. The number of nitrogens with two attached hydrogens (primary N) is 1. The molecule has 0 fully saturated rings. The predicted molar refractivity (Wildman–Crippen MR) is 76.3 cm³/mol. The van der Waals surface area contributed by atoms with Crippen molar-refractivity contribution in [2.45, 2.75) is 18.9 Å². The van der Waals surface area contributed by atoms with Gasteiger partial charge in [-0.25, -0.2) is 4.79 Å². The van der Waals surface area contributed by atoms with Crippen LogP contribution >= 0.6 is 0 Å². The zero-order valence-electron chi connectivity index (χ0n) is 11.8. The third-order valence-corrected chi connectivity index (χ3v) is 3.17. The summed E-state index contributed by atoms with van der Waals surface area (Å²) in [4.78, 5) is 22.3. The molecule has 1 aliphatic rings. The van der Waals surface area contributed by atoms with Crippen LogP contribution in [0.15, 0.2) is 18.2 Å². The number of carbonyl (C=O) groups excluding carboxylic acids is 2. The summed E-state index contributed by atoms with van der Waals surface area (Å²) in [5, 5.41) is 5.38. The minimum atomic E-state index is -0.447. The molecular formula is C14H19N3O4. The molecule has 2 rings (SSSR count). The van der Waals surface area contributed by atoms with E-state index in [0.717, 1.165) is 11.3 Å². The van der Waals surface area contributed by atoms with Gasteiger partial charge in [0.05, 0.1) is 13.2 Å². The number of rotatable bonds is 5. The van der Waals surface area contributed by atoms with Crippen molar-refractivity contribution in [3.63, 3.8) is 0 Å². The first-order valence-corrected chi connectivity index (χ1v) is 6.71. The maximum atomic E-state index is 11.7. The van der Waals surface area contributed by atoms with Crippen LogP contribution in [-0.4, -0.2) is 38.2 Å². The van der Waals surface area contributed by atoms with Crippen LogP contribution in [0.25, 0.3) is 0 Å². The SMILES string of the molecule is COc1cccc2c1OC[C@H](NC(=O)NCCC(N)=O)C2. The number of carbonyl (C=O) groups is 2. The van der Waals surface area contributed by atoms with Crippen LogP contribution in [0.3, 0.4) is 0 Å². The Kier molecular flexibility index (Phi) is 4.86. The highest BCUT2D eigenvalue weighted by molar-refractivity contribution is 5.77. The highest BCUT2D eigenvalue weighted by Gasteiger charge is 2.23. The lowest BCUT2D eigenvalue weighted by molar-refractivity contribution is -0.117. The second-order valence-corrected chi connectivity index (χ2v) is 4.78. The molecule has 4 N–H and O–H groups in total. The van der Waals surface area contributed by atoms with Crippen LogP contribution in [0.1, 0.15) is 12.0 Å². The minimum Gasteiger partial charge on any atom is -0.493 e. The Morgan fingerprint density at radius 2 is 2.29 bits per heavy atom. The van der Waals surface area contributed by atoms with Crippen molar-refractivity contribution < 1.29 is 19.1 Å². The fourth-order valence-corrected chi connectivity index (χ4v) is 2.18. The fraction of sp³-hybridized carbons (Fsp3) is 0.429. The lowest BCUT2D eigenvalue weighted by Gasteiger charge is -2.27. The number of hydrogen-bond donors (Lipinski definition) is 3. The number of primary amides is 1. The van der Waals surface area contributed by atoms with Crippen LogP contribution < -0.4 is 25.8 Å².